The van der Waals surface area contributed by atoms with Crippen LogP contribution in [0.4, 0.5) is 4.79 Å². The van der Waals surface area contributed by atoms with Gasteiger partial charge in [0.1, 0.15) is 47.4 Å². The average Bonchev–Trinajstić information content (AvgIpc) is 4.05. The third-order valence-corrected chi connectivity index (χ3v) is 13.1. The quantitative estimate of drug-likeness (QED) is 0.192. The molecule has 2 aromatic carbocycles. The third kappa shape index (κ3) is 7.53. The van der Waals surface area contributed by atoms with Gasteiger partial charge < -0.3 is 29.7 Å². The van der Waals surface area contributed by atoms with Crippen LogP contribution in [0.25, 0.3) is 21.6 Å². The first-order valence-electron chi connectivity index (χ1n) is 18.7. The number of benzene rings is 2. The average molecular weight is 815 g/mol. The highest BCUT2D eigenvalue weighted by Crippen LogP contribution is 2.48. The second-order valence-electron chi connectivity index (χ2n) is 15.7. The summed E-state index contributed by atoms with van der Waals surface area (Å²) in [5.74, 6) is -2.26. The Bertz CT molecular complexity index is 2380. The minimum atomic E-state index is -3.95. The Kier molecular flexibility index (Phi) is 9.71. The van der Waals surface area contributed by atoms with E-state index in [0.29, 0.717) is 40.9 Å². The first-order chi connectivity index (χ1) is 27.2. The molecule has 4 heterocycles. The van der Waals surface area contributed by atoms with E-state index in [2.05, 4.69) is 21.9 Å². The Labute approximate surface area is 333 Å². The predicted octanol–water partition coefficient (Wildman–Crippen LogP) is 4.40. The van der Waals surface area contributed by atoms with E-state index in [-0.39, 0.29) is 25.3 Å². The molecule has 2 saturated carbocycles. The molecule has 57 heavy (non-hydrogen) atoms. The lowest BCUT2D eigenvalue weighted by atomic mass is 9.99. The van der Waals surface area contributed by atoms with Gasteiger partial charge in [0, 0.05) is 17.9 Å². The second-order valence-corrected chi connectivity index (χ2v) is 18.6. The van der Waals surface area contributed by atoms with E-state index in [0.717, 1.165) is 4.88 Å². The van der Waals surface area contributed by atoms with Gasteiger partial charge in [0.15, 0.2) is 0 Å². The van der Waals surface area contributed by atoms with Crippen molar-refractivity contribution in [3.8, 4) is 22.2 Å². The molecule has 4 amide bonds. The second kappa shape index (κ2) is 14.4. The molecule has 3 fully saturated rings. The van der Waals surface area contributed by atoms with Gasteiger partial charge in [-0.1, -0.05) is 42.5 Å². The summed E-state index contributed by atoms with van der Waals surface area (Å²) < 4.78 is 46.4. The number of ether oxygens (including phenoxy) is 3. The number of carbonyl (C=O) groups is 4. The molecule has 0 radical (unpaired) electrons. The van der Waals surface area contributed by atoms with Crippen molar-refractivity contribution in [2.75, 3.05) is 6.61 Å². The van der Waals surface area contributed by atoms with Crippen molar-refractivity contribution in [3.05, 3.63) is 84.3 Å². The molecule has 15 nitrogen and oxygen atoms in total. The zero-order chi connectivity index (χ0) is 40.3. The van der Waals surface area contributed by atoms with E-state index < -0.39 is 80.4 Å². The summed E-state index contributed by atoms with van der Waals surface area (Å²) in [7, 11) is -3.95. The number of fused-ring (bicyclic) bond motifs is 4. The Morgan fingerprint density at radius 1 is 1.04 bits per heavy atom. The summed E-state index contributed by atoms with van der Waals surface area (Å²) in [5, 5.41) is 6.69. The molecule has 4 aromatic rings. The first-order valence-corrected chi connectivity index (χ1v) is 21.1. The molecular weight excluding hydrogens is 773 g/mol. The lowest BCUT2D eigenvalue weighted by Crippen LogP contribution is -2.60. The van der Waals surface area contributed by atoms with Gasteiger partial charge in [-0.15, -0.1) is 17.9 Å². The van der Waals surface area contributed by atoms with E-state index in [1.165, 1.54) is 22.3 Å². The molecule has 2 aliphatic heterocycles. The fraction of sp³-hybridized carbons (Fsp3) is 0.400. The number of nitrogens with one attached hydrogen (secondary N) is 3. The van der Waals surface area contributed by atoms with Crippen LogP contribution >= 0.6 is 11.3 Å². The van der Waals surface area contributed by atoms with E-state index >= 15 is 0 Å². The van der Waals surface area contributed by atoms with Crippen molar-refractivity contribution < 1.29 is 41.8 Å². The number of para-hydroxylation sites is 3. The summed E-state index contributed by atoms with van der Waals surface area (Å²) in [6.07, 6.45) is 0.572. The molecule has 1 saturated heterocycles. The van der Waals surface area contributed by atoms with Gasteiger partial charge in [-0.2, -0.15) is 0 Å². The maximum absolute atomic E-state index is 14.9. The molecule has 4 aliphatic rings. The summed E-state index contributed by atoms with van der Waals surface area (Å²) in [5.41, 5.74) is -0.293. The third-order valence-electron chi connectivity index (χ3n) is 10.4. The summed E-state index contributed by atoms with van der Waals surface area (Å²) in [4.78, 5) is 68.3. The van der Waals surface area contributed by atoms with Crippen LogP contribution in [0.2, 0.25) is 0 Å². The highest BCUT2D eigenvalue weighted by Gasteiger charge is 2.63. The minimum Gasteiger partial charge on any atom is -0.491 e. The van der Waals surface area contributed by atoms with Crippen LogP contribution in [0.5, 0.6) is 11.6 Å². The van der Waals surface area contributed by atoms with Crippen molar-refractivity contribution in [2.24, 2.45) is 5.92 Å². The van der Waals surface area contributed by atoms with Gasteiger partial charge in [-0.05, 0) is 69.7 Å². The van der Waals surface area contributed by atoms with Gasteiger partial charge >= 0.3 is 6.09 Å². The number of sulfonamides is 1. The monoisotopic (exact) mass is 814 g/mol. The summed E-state index contributed by atoms with van der Waals surface area (Å²) in [6.45, 7) is 8.58. The number of hydrogen-bond acceptors (Lipinski definition) is 12. The zero-order valence-electron chi connectivity index (χ0n) is 31.5. The van der Waals surface area contributed by atoms with Crippen LogP contribution < -0.4 is 24.8 Å². The number of rotatable bonds is 10. The number of hydrogen-bond donors (Lipinski definition) is 3. The largest absolute Gasteiger partial charge is 0.491 e. The SMILES string of the molecule is C=C[C@@H]1CC1(NC(=O)[C@@H]1C[C@@H](Oc2nc3ccccc3nc2-c2cccs2)C2c3ccccc3OCC(NC(=O)OC(C)(C)C)C(=O)N21)C(=O)NS(=O)(=O)C1CC1. The number of carbonyl (C=O) groups excluding carboxylic acids is 4. The van der Waals surface area contributed by atoms with E-state index in [1.807, 2.05) is 35.7 Å². The van der Waals surface area contributed by atoms with Gasteiger partial charge in [0.25, 0.3) is 5.91 Å². The molecule has 17 heteroatoms. The van der Waals surface area contributed by atoms with Gasteiger partial charge in [-0.25, -0.2) is 23.2 Å². The standard InChI is InChI=1S/C40H42N6O9S2/c1-5-22-20-40(22,37(49)45-57(51,52)23-16-17-23)44-34(47)28-19-30(54-35-32(31-15-10-18-56-31)41-25-12-7-8-13-26(25)42-35)33-24-11-6-9-14-29(24)53-21-27(36(48)46(28)33)43-38(50)55-39(2,3)4/h5-15,18,22-23,27-28,30,33H,1,16-17,19-21H2,2-4H3,(H,43,50)(H,44,47)(H,45,49)/t22-,27?,28+,30-,33?,40?/m1/s1. The molecule has 2 aromatic heterocycles. The highest BCUT2D eigenvalue weighted by atomic mass is 32.2. The van der Waals surface area contributed by atoms with Crippen LogP contribution in [0.15, 0.2) is 78.7 Å². The van der Waals surface area contributed by atoms with Crippen LogP contribution in [-0.4, -0.2) is 88.3 Å². The normalized spacial score (nSPS) is 25.5. The summed E-state index contributed by atoms with van der Waals surface area (Å²) in [6, 6.07) is 14.6. The minimum absolute atomic E-state index is 0.0923. The molecule has 2 aliphatic carbocycles. The van der Waals surface area contributed by atoms with Crippen LogP contribution in [0.3, 0.4) is 0 Å². The van der Waals surface area contributed by atoms with E-state index in [1.54, 1.807) is 51.1 Å². The Hall–Kier alpha value is -5.55. The topological polar surface area (TPSA) is 195 Å². The number of alkyl carbamates (subject to hydrolysis) is 1. The molecule has 3 unspecified atom stereocenters. The van der Waals surface area contributed by atoms with Crippen molar-refractivity contribution in [2.45, 2.75) is 87.1 Å². The van der Waals surface area contributed by atoms with Crippen molar-refractivity contribution in [1.29, 1.82) is 0 Å². The Morgan fingerprint density at radius 3 is 2.42 bits per heavy atom. The molecule has 6 atom stereocenters. The number of nitrogens with zero attached hydrogens (tertiary/aromatic N) is 3. The molecule has 8 rings (SSSR count). The Morgan fingerprint density at radius 2 is 1.75 bits per heavy atom. The predicted molar refractivity (Wildman–Crippen MR) is 210 cm³/mol. The van der Waals surface area contributed by atoms with Gasteiger partial charge in [0.05, 0.1) is 27.2 Å². The highest BCUT2D eigenvalue weighted by molar-refractivity contribution is 7.91. The lowest BCUT2D eigenvalue weighted by Gasteiger charge is -2.37. The van der Waals surface area contributed by atoms with E-state index in [9.17, 15) is 27.6 Å². The fourth-order valence-electron chi connectivity index (χ4n) is 7.46. The number of amides is 4. The maximum Gasteiger partial charge on any atom is 0.408 e. The van der Waals surface area contributed by atoms with Crippen molar-refractivity contribution >= 4 is 56.2 Å². The van der Waals surface area contributed by atoms with Gasteiger partial charge in [-0.3, -0.25) is 19.1 Å². The Balaban J connectivity index is 1.20. The molecule has 298 valence electrons. The lowest BCUT2D eigenvalue weighted by molar-refractivity contribution is -0.144. The zero-order valence-corrected chi connectivity index (χ0v) is 33.1. The summed E-state index contributed by atoms with van der Waals surface area (Å²) >= 11 is 1.45. The first kappa shape index (κ1) is 38.3. The van der Waals surface area contributed by atoms with E-state index in [4.69, 9.17) is 24.2 Å². The van der Waals surface area contributed by atoms with Crippen LogP contribution in [-0.2, 0) is 29.1 Å². The number of thiophene rings is 1. The van der Waals surface area contributed by atoms with Crippen molar-refractivity contribution in [1.82, 2.24) is 30.2 Å². The molecule has 0 spiro atoms. The molecule has 0 bridgehead atoms. The maximum atomic E-state index is 14.9. The van der Waals surface area contributed by atoms with Crippen molar-refractivity contribution in [3.63, 3.8) is 0 Å². The van der Waals surface area contributed by atoms with Crippen LogP contribution in [0.1, 0.15) is 58.1 Å². The molecule has 3 N–H and O–H groups in total. The smallest absolute Gasteiger partial charge is 0.408 e. The fourth-order valence-corrected chi connectivity index (χ4v) is 9.53. The molecular formula is C40H42N6O9S2. The van der Waals surface area contributed by atoms with Gasteiger partial charge in [0.2, 0.25) is 27.7 Å². The van der Waals surface area contributed by atoms with Crippen LogP contribution in [0, 0.1) is 5.92 Å². The number of aromatic nitrogens is 2.